The van der Waals surface area contributed by atoms with Gasteiger partial charge in [0.1, 0.15) is 12.4 Å². The van der Waals surface area contributed by atoms with Gasteiger partial charge >= 0.3 is 0 Å². The van der Waals surface area contributed by atoms with Crippen LogP contribution in [0.25, 0.3) is 11.1 Å². The molecule has 78 valence electrons. The van der Waals surface area contributed by atoms with E-state index in [1.54, 1.807) is 6.07 Å². The van der Waals surface area contributed by atoms with E-state index in [-0.39, 0.29) is 0 Å². The molecule has 0 bridgehead atoms. The molecule has 0 fully saturated rings. The van der Waals surface area contributed by atoms with Crippen LogP contribution in [0.5, 0.6) is 0 Å². The fourth-order valence-electron chi connectivity index (χ4n) is 2.36. The highest BCUT2D eigenvalue weighted by Crippen LogP contribution is 2.44. The number of hydrogen-bond acceptors (Lipinski definition) is 2. The highest BCUT2D eigenvalue weighted by Gasteiger charge is 2.28. The van der Waals surface area contributed by atoms with Crippen LogP contribution in [-0.2, 0) is 0 Å². The van der Waals surface area contributed by atoms with Crippen LogP contribution in [0.4, 0.5) is 0 Å². The number of aliphatic hydroxyl groups excluding tert-OH is 1. The van der Waals surface area contributed by atoms with Crippen LogP contribution in [0.2, 0.25) is 0 Å². The zero-order valence-corrected chi connectivity index (χ0v) is 8.55. The first-order valence-corrected chi connectivity index (χ1v) is 5.18. The molecule has 0 radical (unpaired) electrons. The van der Waals surface area contributed by atoms with E-state index in [0.717, 1.165) is 28.5 Å². The normalized spacial score (nSPS) is 16.7. The Morgan fingerprint density at radius 2 is 1.75 bits per heavy atom. The van der Waals surface area contributed by atoms with Crippen molar-refractivity contribution in [2.24, 2.45) is 0 Å². The second-order valence-electron chi connectivity index (χ2n) is 3.92. The van der Waals surface area contributed by atoms with Crippen LogP contribution in [0.3, 0.4) is 0 Å². The Morgan fingerprint density at radius 1 is 1.00 bits per heavy atom. The predicted octanol–water partition coefficient (Wildman–Crippen LogP) is 2.56. The van der Waals surface area contributed by atoms with Crippen LogP contribution in [0.1, 0.15) is 27.6 Å². The summed E-state index contributed by atoms with van der Waals surface area (Å²) in [5.74, 6) is 0. The van der Waals surface area contributed by atoms with Crippen molar-refractivity contribution in [2.75, 3.05) is 0 Å². The van der Waals surface area contributed by atoms with Gasteiger partial charge < -0.3 is 5.11 Å². The molecule has 0 saturated heterocycles. The minimum absolute atomic E-state index is 0.571. The Kier molecular flexibility index (Phi) is 1.91. The zero-order valence-electron chi connectivity index (χ0n) is 8.55. The van der Waals surface area contributed by atoms with E-state index in [9.17, 15) is 9.90 Å². The van der Waals surface area contributed by atoms with Gasteiger partial charge in [-0.15, -0.1) is 0 Å². The van der Waals surface area contributed by atoms with E-state index in [0.29, 0.717) is 5.56 Å². The van der Waals surface area contributed by atoms with Crippen LogP contribution in [0.15, 0.2) is 42.5 Å². The third-order valence-corrected chi connectivity index (χ3v) is 3.09. The molecule has 2 nitrogen and oxygen atoms in total. The molecule has 0 heterocycles. The van der Waals surface area contributed by atoms with E-state index in [1.165, 1.54) is 0 Å². The molecule has 0 amide bonds. The summed E-state index contributed by atoms with van der Waals surface area (Å²) in [5, 5.41) is 10.2. The highest BCUT2D eigenvalue weighted by molar-refractivity contribution is 5.88. The Balaban J connectivity index is 2.36. The number of aldehydes is 1. The van der Waals surface area contributed by atoms with E-state index in [4.69, 9.17) is 0 Å². The van der Waals surface area contributed by atoms with Crippen LogP contribution in [-0.4, -0.2) is 11.4 Å². The minimum atomic E-state index is -0.674. The summed E-state index contributed by atoms with van der Waals surface area (Å²) in [6.45, 7) is 0. The summed E-state index contributed by atoms with van der Waals surface area (Å²) < 4.78 is 0. The zero-order chi connectivity index (χ0) is 11.1. The van der Waals surface area contributed by atoms with E-state index in [1.807, 2.05) is 36.4 Å². The van der Waals surface area contributed by atoms with Crippen molar-refractivity contribution in [2.45, 2.75) is 6.10 Å². The molecule has 2 heteroatoms. The van der Waals surface area contributed by atoms with E-state index in [2.05, 4.69) is 0 Å². The molecule has 3 rings (SSSR count). The SMILES string of the molecule is O=Cc1cccc2c1C(O)c1ccccc1-2. The molecule has 0 saturated carbocycles. The Morgan fingerprint density at radius 3 is 2.56 bits per heavy atom. The number of hydrogen-bond donors (Lipinski definition) is 1. The molecular formula is C14H10O2. The number of rotatable bonds is 1. The van der Waals surface area contributed by atoms with Gasteiger partial charge in [0, 0.05) is 11.1 Å². The first-order chi connectivity index (χ1) is 7.83. The van der Waals surface area contributed by atoms with Crippen LogP contribution < -0.4 is 0 Å². The standard InChI is InChI=1S/C14H10O2/c15-8-9-4-3-7-11-10-5-1-2-6-12(10)14(16)13(9)11/h1-8,14,16H. The molecule has 1 unspecified atom stereocenters. The van der Waals surface area contributed by atoms with Crippen molar-refractivity contribution >= 4 is 6.29 Å². The summed E-state index contributed by atoms with van der Waals surface area (Å²) >= 11 is 0. The molecule has 0 spiro atoms. The van der Waals surface area contributed by atoms with Crippen LogP contribution in [0, 0.1) is 0 Å². The van der Waals surface area contributed by atoms with Crippen molar-refractivity contribution in [3.05, 3.63) is 59.2 Å². The maximum Gasteiger partial charge on any atom is 0.150 e. The molecule has 1 atom stereocenters. The van der Waals surface area contributed by atoms with Crippen molar-refractivity contribution in [1.29, 1.82) is 0 Å². The molecule has 2 aromatic carbocycles. The summed E-state index contributed by atoms with van der Waals surface area (Å²) in [6, 6.07) is 13.2. The van der Waals surface area contributed by atoms with Crippen molar-refractivity contribution < 1.29 is 9.90 Å². The average Bonchev–Trinajstić information content (AvgIpc) is 2.64. The molecule has 0 aromatic heterocycles. The summed E-state index contributed by atoms with van der Waals surface area (Å²) in [4.78, 5) is 11.0. The second kappa shape index (κ2) is 3.29. The van der Waals surface area contributed by atoms with E-state index < -0.39 is 6.10 Å². The average molecular weight is 210 g/mol. The van der Waals surface area contributed by atoms with Crippen molar-refractivity contribution in [3.8, 4) is 11.1 Å². The monoisotopic (exact) mass is 210 g/mol. The van der Waals surface area contributed by atoms with Gasteiger partial charge in [-0.3, -0.25) is 4.79 Å². The quantitative estimate of drug-likeness (QED) is 0.734. The molecule has 1 aliphatic rings. The molecule has 1 aliphatic carbocycles. The maximum absolute atomic E-state index is 11.0. The lowest BCUT2D eigenvalue weighted by atomic mass is 10.0. The molecular weight excluding hydrogens is 200 g/mol. The van der Waals surface area contributed by atoms with Gasteiger partial charge in [0.15, 0.2) is 0 Å². The summed E-state index contributed by atoms with van der Waals surface area (Å²) in [6.07, 6.45) is 0.126. The fraction of sp³-hybridized carbons (Fsp3) is 0.0714. The topological polar surface area (TPSA) is 37.3 Å². The molecule has 16 heavy (non-hydrogen) atoms. The second-order valence-corrected chi connectivity index (χ2v) is 3.92. The number of fused-ring (bicyclic) bond motifs is 3. The number of benzene rings is 2. The lowest BCUT2D eigenvalue weighted by molar-refractivity contribution is 0.111. The minimum Gasteiger partial charge on any atom is -0.384 e. The smallest absolute Gasteiger partial charge is 0.150 e. The Bertz CT molecular complexity index is 573. The Labute approximate surface area is 93.2 Å². The highest BCUT2D eigenvalue weighted by atomic mass is 16.3. The van der Waals surface area contributed by atoms with Gasteiger partial charge in [-0.1, -0.05) is 42.5 Å². The molecule has 2 aromatic rings. The number of carbonyl (C=O) groups excluding carboxylic acids is 1. The van der Waals surface area contributed by atoms with E-state index >= 15 is 0 Å². The first-order valence-electron chi connectivity index (χ1n) is 5.18. The van der Waals surface area contributed by atoms with Gasteiger partial charge in [-0.05, 0) is 16.7 Å². The van der Waals surface area contributed by atoms with Gasteiger partial charge in [0.25, 0.3) is 0 Å². The molecule has 0 aliphatic heterocycles. The lowest BCUT2D eigenvalue weighted by Gasteiger charge is -2.07. The van der Waals surface area contributed by atoms with Gasteiger partial charge in [-0.25, -0.2) is 0 Å². The Hall–Kier alpha value is -1.93. The lowest BCUT2D eigenvalue weighted by Crippen LogP contribution is -1.98. The van der Waals surface area contributed by atoms with Gasteiger partial charge in [0.2, 0.25) is 0 Å². The summed E-state index contributed by atoms with van der Waals surface area (Å²) in [7, 11) is 0. The predicted molar refractivity (Wildman–Crippen MR) is 61.3 cm³/mol. The van der Waals surface area contributed by atoms with Crippen molar-refractivity contribution in [1.82, 2.24) is 0 Å². The molecule has 1 N–H and O–H groups in total. The summed E-state index contributed by atoms with van der Waals surface area (Å²) in [5.41, 5.74) is 4.17. The largest absolute Gasteiger partial charge is 0.384 e. The van der Waals surface area contributed by atoms with Crippen molar-refractivity contribution in [3.63, 3.8) is 0 Å². The van der Waals surface area contributed by atoms with Gasteiger partial charge in [-0.2, -0.15) is 0 Å². The maximum atomic E-state index is 11.0. The third kappa shape index (κ3) is 1.08. The fourth-order valence-corrected chi connectivity index (χ4v) is 2.36. The number of carbonyl (C=O) groups is 1. The number of aliphatic hydroxyl groups is 1. The first kappa shape index (κ1) is 9.31. The van der Waals surface area contributed by atoms with Gasteiger partial charge in [0.05, 0.1) is 0 Å². The van der Waals surface area contributed by atoms with Crippen LogP contribution >= 0.6 is 0 Å². The third-order valence-electron chi connectivity index (χ3n) is 3.09.